The molecule has 10 heteroatoms. The third-order valence-corrected chi connectivity index (χ3v) is 7.86. The number of piperazine rings is 1. The molecular weight excluding hydrogens is 549 g/mol. The highest BCUT2D eigenvalue weighted by atomic mass is 35.5. The van der Waals surface area contributed by atoms with Crippen LogP contribution < -0.4 is 10.2 Å². The van der Waals surface area contributed by atoms with E-state index in [2.05, 4.69) is 16.3 Å². The summed E-state index contributed by atoms with van der Waals surface area (Å²) in [4.78, 5) is 32.0. The van der Waals surface area contributed by atoms with Gasteiger partial charge in [-0.1, -0.05) is 29.3 Å². The summed E-state index contributed by atoms with van der Waals surface area (Å²) in [6.07, 6.45) is 2.01. The van der Waals surface area contributed by atoms with E-state index in [1.165, 1.54) is 0 Å². The maximum Gasteiger partial charge on any atom is 0.410 e. The first-order valence-corrected chi connectivity index (χ1v) is 14.5. The number of ether oxygens (including phenoxy) is 1. The van der Waals surface area contributed by atoms with Gasteiger partial charge in [-0.05, 0) is 82.9 Å². The van der Waals surface area contributed by atoms with Crippen molar-refractivity contribution in [2.45, 2.75) is 64.6 Å². The van der Waals surface area contributed by atoms with Crippen molar-refractivity contribution in [3.63, 3.8) is 0 Å². The molecule has 0 bridgehead atoms. The molecule has 2 saturated heterocycles. The van der Waals surface area contributed by atoms with Crippen molar-refractivity contribution in [1.29, 1.82) is 5.26 Å². The molecule has 40 heavy (non-hydrogen) atoms. The highest BCUT2D eigenvalue weighted by Gasteiger charge is 2.37. The molecule has 2 atom stereocenters. The molecule has 2 aromatic rings. The van der Waals surface area contributed by atoms with Crippen LogP contribution in [0.1, 0.15) is 64.1 Å². The second kappa shape index (κ2) is 12.6. The monoisotopic (exact) mass is 585 g/mol. The lowest BCUT2D eigenvalue weighted by Gasteiger charge is -2.41. The fraction of sp³-hybridized carbons (Fsp3) is 0.500. The minimum absolute atomic E-state index is 0.0129. The molecule has 2 aromatic carbocycles. The van der Waals surface area contributed by atoms with E-state index in [-0.39, 0.29) is 11.9 Å². The predicted molar refractivity (Wildman–Crippen MR) is 159 cm³/mol. The molecule has 0 aliphatic carbocycles. The number of nitrogens with zero attached hydrogens (tertiary/aromatic N) is 4. The normalized spacial score (nSPS) is 18.6. The zero-order chi connectivity index (χ0) is 29.0. The molecule has 214 valence electrons. The number of piperidine rings is 1. The van der Waals surface area contributed by atoms with Crippen LogP contribution in [0.2, 0.25) is 10.0 Å². The Morgan fingerprint density at radius 1 is 1.05 bits per heavy atom. The van der Waals surface area contributed by atoms with Gasteiger partial charge in [-0.25, -0.2) is 4.79 Å². The van der Waals surface area contributed by atoms with E-state index in [0.29, 0.717) is 60.4 Å². The van der Waals surface area contributed by atoms with Crippen molar-refractivity contribution in [2.24, 2.45) is 0 Å². The van der Waals surface area contributed by atoms with Gasteiger partial charge in [-0.3, -0.25) is 9.69 Å². The van der Waals surface area contributed by atoms with Gasteiger partial charge in [0.1, 0.15) is 17.7 Å². The van der Waals surface area contributed by atoms with E-state index in [4.69, 9.17) is 27.9 Å². The van der Waals surface area contributed by atoms with Gasteiger partial charge in [0.2, 0.25) is 5.91 Å². The molecule has 2 heterocycles. The number of anilines is 2. The summed E-state index contributed by atoms with van der Waals surface area (Å²) in [5.74, 6) is -0.0129. The summed E-state index contributed by atoms with van der Waals surface area (Å²) in [6, 6.07) is 12.7. The molecule has 1 unspecified atom stereocenters. The van der Waals surface area contributed by atoms with Crippen molar-refractivity contribution < 1.29 is 14.3 Å². The molecule has 0 radical (unpaired) electrons. The lowest BCUT2D eigenvalue weighted by molar-refractivity contribution is -0.138. The standard InChI is InChI=1S/C30H37Cl2N5O3/c1-20(24-11-9-22(31)17-25(24)32)34-26-18-23(10-8-21(26)19-33)35-13-15-36(16-14-35)28(38)27-7-5-6-12-37(27)29(39)40-30(2,3)4/h8-11,17-18,20,27,34H,5-7,12-16H2,1-4H3/t20-,27?/m1/s1. The lowest BCUT2D eigenvalue weighted by atomic mass is 10.0. The molecule has 0 saturated carbocycles. The fourth-order valence-corrected chi connectivity index (χ4v) is 5.80. The quantitative estimate of drug-likeness (QED) is 0.432. The fourth-order valence-electron chi connectivity index (χ4n) is 5.23. The van der Waals surface area contributed by atoms with Crippen LogP contribution >= 0.6 is 23.2 Å². The van der Waals surface area contributed by atoms with E-state index in [0.717, 1.165) is 24.1 Å². The Morgan fingerprint density at radius 3 is 2.42 bits per heavy atom. The molecule has 2 fully saturated rings. The summed E-state index contributed by atoms with van der Waals surface area (Å²) in [5.41, 5.74) is 2.49. The lowest BCUT2D eigenvalue weighted by Crippen LogP contribution is -2.57. The van der Waals surface area contributed by atoms with Gasteiger partial charge in [0.25, 0.3) is 0 Å². The van der Waals surface area contributed by atoms with Crippen molar-refractivity contribution in [1.82, 2.24) is 9.80 Å². The van der Waals surface area contributed by atoms with Crippen LogP contribution in [-0.4, -0.2) is 66.2 Å². The van der Waals surface area contributed by atoms with E-state index >= 15 is 0 Å². The van der Waals surface area contributed by atoms with Crippen LogP contribution in [0.15, 0.2) is 36.4 Å². The smallest absolute Gasteiger partial charge is 0.410 e. The van der Waals surface area contributed by atoms with Crippen molar-refractivity contribution in [2.75, 3.05) is 42.9 Å². The zero-order valence-corrected chi connectivity index (χ0v) is 25.1. The van der Waals surface area contributed by atoms with Crippen molar-refractivity contribution in [3.8, 4) is 6.07 Å². The molecule has 2 aliphatic rings. The highest BCUT2D eigenvalue weighted by molar-refractivity contribution is 6.35. The third kappa shape index (κ3) is 7.13. The Morgan fingerprint density at radius 2 is 1.77 bits per heavy atom. The highest BCUT2D eigenvalue weighted by Crippen LogP contribution is 2.32. The number of hydrogen-bond acceptors (Lipinski definition) is 6. The SMILES string of the molecule is C[C@@H](Nc1cc(N2CCN(C(=O)C3CCCCN3C(=O)OC(C)(C)C)CC2)ccc1C#N)c1ccc(Cl)cc1Cl. The summed E-state index contributed by atoms with van der Waals surface area (Å²) in [7, 11) is 0. The maximum absolute atomic E-state index is 13.5. The number of rotatable bonds is 5. The number of carbonyl (C=O) groups is 2. The Bertz CT molecular complexity index is 1280. The Hall–Kier alpha value is -3.15. The first-order valence-electron chi connectivity index (χ1n) is 13.8. The number of nitriles is 1. The molecule has 8 nitrogen and oxygen atoms in total. The van der Waals surface area contributed by atoms with E-state index < -0.39 is 17.7 Å². The van der Waals surface area contributed by atoms with Crippen LogP contribution in [0.25, 0.3) is 0 Å². The second-order valence-corrected chi connectivity index (χ2v) is 12.2. The minimum Gasteiger partial charge on any atom is -0.444 e. The van der Waals surface area contributed by atoms with Crippen LogP contribution in [-0.2, 0) is 9.53 Å². The van der Waals surface area contributed by atoms with Crippen molar-refractivity contribution in [3.05, 3.63) is 57.6 Å². The number of likely N-dealkylation sites (tertiary alicyclic amines) is 1. The summed E-state index contributed by atoms with van der Waals surface area (Å²) in [5, 5.41) is 14.3. The van der Waals surface area contributed by atoms with Gasteiger partial charge in [-0.15, -0.1) is 0 Å². The van der Waals surface area contributed by atoms with E-state index in [1.807, 2.05) is 56.9 Å². The number of amides is 2. The number of hydrogen-bond donors (Lipinski definition) is 1. The van der Waals surface area contributed by atoms with Gasteiger partial charge >= 0.3 is 6.09 Å². The van der Waals surface area contributed by atoms with Crippen LogP contribution in [0.5, 0.6) is 0 Å². The number of benzene rings is 2. The maximum atomic E-state index is 13.5. The second-order valence-electron chi connectivity index (χ2n) is 11.4. The first-order chi connectivity index (χ1) is 19.0. The van der Waals surface area contributed by atoms with Gasteiger partial charge in [0.15, 0.2) is 0 Å². The summed E-state index contributed by atoms with van der Waals surface area (Å²) in [6.45, 7) is 10.4. The minimum atomic E-state index is -0.610. The van der Waals surface area contributed by atoms with Gasteiger partial charge < -0.3 is 19.9 Å². The third-order valence-electron chi connectivity index (χ3n) is 7.30. The average molecular weight is 587 g/mol. The summed E-state index contributed by atoms with van der Waals surface area (Å²) < 4.78 is 5.58. The van der Waals surface area contributed by atoms with Gasteiger partial charge in [0.05, 0.1) is 17.3 Å². The Kier molecular flexibility index (Phi) is 9.37. The predicted octanol–water partition coefficient (Wildman–Crippen LogP) is 6.48. The molecule has 1 N–H and O–H groups in total. The van der Waals surface area contributed by atoms with Crippen LogP contribution in [0.4, 0.5) is 16.2 Å². The zero-order valence-electron chi connectivity index (χ0n) is 23.5. The first kappa shape index (κ1) is 29.8. The molecule has 2 amide bonds. The van der Waals surface area contributed by atoms with Crippen molar-refractivity contribution >= 4 is 46.6 Å². The van der Waals surface area contributed by atoms with Crippen LogP contribution in [0.3, 0.4) is 0 Å². The largest absolute Gasteiger partial charge is 0.444 e. The number of carbonyl (C=O) groups excluding carboxylic acids is 2. The van der Waals surface area contributed by atoms with E-state index in [1.54, 1.807) is 17.0 Å². The molecular formula is C30H37Cl2N5O3. The number of nitrogens with one attached hydrogen (secondary N) is 1. The average Bonchev–Trinajstić information content (AvgIpc) is 2.91. The van der Waals surface area contributed by atoms with Gasteiger partial charge in [0, 0.05) is 48.5 Å². The van der Waals surface area contributed by atoms with Crippen LogP contribution in [0, 0.1) is 11.3 Å². The topological polar surface area (TPSA) is 88.9 Å². The van der Waals surface area contributed by atoms with E-state index in [9.17, 15) is 14.9 Å². The van der Waals surface area contributed by atoms with Gasteiger partial charge in [-0.2, -0.15) is 5.26 Å². The molecule has 2 aliphatic heterocycles. The molecule has 0 aromatic heterocycles. The Balaban J connectivity index is 1.42. The Labute approximate surface area is 246 Å². The summed E-state index contributed by atoms with van der Waals surface area (Å²) >= 11 is 12.5. The molecule has 4 rings (SSSR count). The molecule has 0 spiro atoms. The number of halogens is 2.